The monoisotopic (exact) mass is 659 g/mol. The number of azide groups is 2. The van der Waals surface area contributed by atoms with Crippen LogP contribution in [-0.4, -0.2) is 42.2 Å². The molecule has 1 amide bonds. The highest BCUT2D eigenvalue weighted by molar-refractivity contribution is 6.01. The van der Waals surface area contributed by atoms with Gasteiger partial charge in [-0.3, -0.25) is 10.2 Å². The van der Waals surface area contributed by atoms with Gasteiger partial charge in [0, 0.05) is 52.6 Å². The lowest BCUT2D eigenvalue weighted by atomic mass is 9.80. The third kappa shape index (κ3) is 8.75. The molecule has 250 valence electrons. The van der Waals surface area contributed by atoms with Crippen LogP contribution in [0.3, 0.4) is 0 Å². The van der Waals surface area contributed by atoms with Gasteiger partial charge < -0.3 is 14.6 Å². The minimum absolute atomic E-state index is 0.0272. The molecule has 1 aliphatic heterocycles. The number of hydrazine groups is 1. The van der Waals surface area contributed by atoms with Crippen LogP contribution in [0.2, 0.25) is 0 Å². The van der Waals surface area contributed by atoms with Gasteiger partial charge in [0.2, 0.25) is 5.90 Å². The minimum Gasteiger partial charge on any atom is -0.494 e. The van der Waals surface area contributed by atoms with Crippen LogP contribution >= 0.6 is 0 Å². The van der Waals surface area contributed by atoms with E-state index in [1.807, 2.05) is 42.5 Å². The number of amides is 1. The molecule has 0 bridgehead atoms. The number of aryl methyl sites for hydroxylation is 1. The second-order valence-corrected chi connectivity index (χ2v) is 11.3. The lowest BCUT2D eigenvalue weighted by Crippen LogP contribution is -2.54. The van der Waals surface area contributed by atoms with E-state index in [1.54, 1.807) is 48.5 Å². The number of nitrogens with one attached hydrogen (secondary N) is 2. The van der Waals surface area contributed by atoms with Gasteiger partial charge >= 0.3 is 0 Å². The van der Waals surface area contributed by atoms with Crippen LogP contribution in [0.1, 0.15) is 46.8 Å². The van der Waals surface area contributed by atoms with Crippen LogP contribution in [0, 0.1) is 0 Å². The molecule has 2 atom stereocenters. The number of benzene rings is 4. The van der Waals surface area contributed by atoms with Crippen LogP contribution in [0.5, 0.6) is 5.75 Å². The average Bonchev–Trinajstić information content (AvgIpc) is 3.52. The molecule has 4 aromatic carbocycles. The summed E-state index contributed by atoms with van der Waals surface area (Å²) in [5, 5.41) is 16.8. The third-order valence-electron chi connectivity index (χ3n) is 8.10. The van der Waals surface area contributed by atoms with Gasteiger partial charge in [0.15, 0.2) is 11.6 Å². The molecule has 0 fully saturated rings. The number of aliphatic hydroxyl groups is 1. The molecule has 0 unspecified atom stereocenters. The normalized spacial score (nSPS) is 16.4. The average molecular weight is 660 g/mol. The SMILES string of the molecule is [N-]=[N+]=NCc1ccccc1C[C@]1(C(=O)NNCCCc2ccccc2)N=C(c2ccc(OCCCO)cc2)O[C@H]1c1ccccc1N=[N+]=[N-]. The molecule has 3 N–H and O–H groups in total. The van der Waals surface area contributed by atoms with Crippen molar-refractivity contribution in [2.45, 2.75) is 43.9 Å². The highest BCUT2D eigenvalue weighted by atomic mass is 16.5. The molecule has 0 aliphatic carbocycles. The summed E-state index contributed by atoms with van der Waals surface area (Å²) in [7, 11) is 0. The van der Waals surface area contributed by atoms with Crippen molar-refractivity contribution in [3.8, 4) is 5.75 Å². The van der Waals surface area contributed by atoms with E-state index >= 15 is 0 Å². The Morgan fingerprint density at radius 2 is 1.65 bits per heavy atom. The van der Waals surface area contributed by atoms with Crippen molar-refractivity contribution in [1.29, 1.82) is 0 Å². The Morgan fingerprint density at radius 3 is 2.41 bits per heavy atom. The maximum atomic E-state index is 14.6. The third-order valence-corrected chi connectivity index (χ3v) is 8.10. The zero-order valence-corrected chi connectivity index (χ0v) is 26.9. The lowest BCUT2D eigenvalue weighted by Gasteiger charge is -2.32. The Bertz CT molecular complexity index is 1840. The molecular weight excluding hydrogens is 622 g/mol. The van der Waals surface area contributed by atoms with E-state index in [2.05, 4.69) is 43.0 Å². The fraction of sp³-hybridized carbons (Fsp3) is 0.278. The summed E-state index contributed by atoms with van der Waals surface area (Å²) in [5.74, 6) is 0.372. The van der Waals surface area contributed by atoms with Gasteiger partial charge in [0.05, 0.1) is 13.2 Å². The van der Waals surface area contributed by atoms with Crippen molar-refractivity contribution in [1.82, 2.24) is 10.9 Å². The van der Waals surface area contributed by atoms with E-state index in [0.717, 1.165) is 24.0 Å². The first kappa shape index (κ1) is 34.5. The largest absolute Gasteiger partial charge is 0.494 e. The van der Waals surface area contributed by atoms with E-state index in [4.69, 9.17) is 25.1 Å². The van der Waals surface area contributed by atoms with Gasteiger partial charge in [0.25, 0.3) is 5.91 Å². The van der Waals surface area contributed by atoms with Gasteiger partial charge in [-0.1, -0.05) is 89.1 Å². The number of carbonyl (C=O) groups is 1. The van der Waals surface area contributed by atoms with Crippen LogP contribution in [0.4, 0.5) is 5.69 Å². The van der Waals surface area contributed by atoms with Crippen LogP contribution in [0.15, 0.2) is 118 Å². The fourth-order valence-electron chi connectivity index (χ4n) is 5.67. The smallest absolute Gasteiger partial charge is 0.266 e. The Labute approximate surface area is 283 Å². The molecule has 49 heavy (non-hydrogen) atoms. The molecule has 0 aromatic heterocycles. The van der Waals surface area contributed by atoms with Gasteiger partial charge in [-0.2, -0.15) is 0 Å². The van der Waals surface area contributed by atoms with Crippen molar-refractivity contribution in [2.75, 3.05) is 19.8 Å². The number of rotatable bonds is 17. The molecule has 5 rings (SSSR count). The van der Waals surface area contributed by atoms with Gasteiger partial charge in [-0.05, 0) is 64.9 Å². The van der Waals surface area contributed by atoms with Crippen LogP contribution in [-0.2, 0) is 28.9 Å². The van der Waals surface area contributed by atoms with Crippen molar-refractivity contribution >= 4 is 17.5 Å². The van der Waals surface area contributed by atoms with Gasteiger partial charge in [-0.15, -0.1) is 0 Å². The Morgan fingerprint density at radius 1 is 0.918 bits per heavy atom. The quantitative estimate of drug-likeness (QED) is 0.0363. The number of carbonyl (C=O) groups excluding carboxylic acids is 1. The number of ether oxygens (including phenoxy) is 2. The second-order valence-electron chi connectivity index (χ2n) is 11.3. The zero-order valence-electron chi connectivity index (χ0n) is 26.9. The number of aliphatic imine (C=N–C) groups is 1. The second kappa shape index (κ2) is 17.4. The number of aliphatic hydroxyl groups excluding tert-OH is 1. The molecular formula is C36H37N9O4. The van der Waals surface area contributed by atoms with Gasteiger partial charge in [-0.25, -0.2) is 10.4 Å². The molecule has 13 nitrogen and oxygen atoms in total. The minimum atomic E-state index is -1.59. The fourth-order valence-corrected chi connectivity index (χ4v) is 5.67. The number of hydrogen-bond donors (Lipinski definition) is 3. The Hall–Kier alpha value is -5.84. The first-order chi connectivity index (χ1) is 24.1. The first-order valence-electron chi connectivity index (χ1n) is 16.0. The predicted octanol–water partition coefficient (Wildman–Crippen LogP) is 6.95. The highest BCUT2D eigenvalue weighted by Crippen LogP contribution is 2.45. The summed E-state index contributed by atoms with van der Waals surface area (Å²) in [6.07, 6.45) is 1.16. The van der Waals surface area contributed by atoms with Crippen molar-refractivity contribution in [2.24, 2.45) is 15.2 Å². The van der Waals surface area contributed by atoms with E-state index in [-0.39, 0.29) is 25.5 Å². The summed E-state index contributed by atoms with van der Waals surface area (Å²) < 4.78 is 12.3. The molecule has 13 heteroatoms. The van der Waals surface area contributed by atoms with Crippen molar-refractivity contribution in [3.05, 3.63) is 152 Å². The predicted molar refractivity (Wildman–Crippen MR) is 186 cm³/mol. The molecule has 0 saturated heterocycles. The highest BCUT2D eigenvalue weighted by Gasteiger charge is 2.54. The zero-order chi connectivity index (χ0) is 34.3. The maximum Gasteiger partial charge on any atom is 0.266 e. The number of nitrogens with zero attached hydrogens (tertiary/aromatic N) is 7. The standard InChI is InChI=1S/C36H37N9O4/c37-44-40-25-29-14-5-4-13-28(29)24-36(35(47)43-39-21-8-12-26-10-2-1-3-11-26)33(31-15-6-7-16-32(31)42-45-38)49-34(41-36)27-17-19-30(20-18-27)48-23-9-22-46/h1-7,10-11,13-20,33,39,46H,8-9,12,21-25H2,(H,43,47)/t33-,36-/m0/s1. The van der Waals surface area contributed by atoms with E-state index in [9.17, 15) is 10.3 Å². The van der Waals surface area contributed by atoms with E-state index < -0.39 is 17.6 Å². The van der Waals surface area contributed by atoms with Gasteiger partial charge in [0.1, 0.15) is 5.75 Å². The van der Waals surface area contributed by atoms with Crippen LogP contribution < -0.4 is 15.6 Å². The van der Waals surface area contributed by atoms with Crippen molar-refractivity contribution < 1.29 is 19.4 Å². The van der Waals surface area contributed by atoms with Crippen molar-refractivity contribution in [3.63, 3.8) is 0 Å². The molecule has 1 heterocycles. The molecule has 4 aromatic rings. The molecule has 0 radical (unpaired) electrons. The molecule has 1 aliphatic rings. The summed E-state index contributed by atoms with van der Waals surface area (Å²) in [5.41, 5.74) is 26.9. The lowest BCUT2D eigenvalue weighted by molar-refractivity contribution is -0.130. The van der Waals surface area contributed by atoms with E-state index in [1.165, 1.54) is 5.56 Å². The summed E-state index contributed by atoms with van der Waals surface area (Å²) in [4.78, 5) is 25.6. The maximum absolute atomic E-state index is 14.6. The summed E-state index contributed by atoms with van der Waals surface area (Å²) in [6.45, 7) is 0.971. The first-order valence-corrected chi connectivity index (χ1v) is 16.0. The Balaban J connectivity index is 1.54. The van der Waals surface area contributed by atoms with Crippen LogP contribution in [0.25, 0.3) is 20.9 Å². The summed E-state index contributed by atoms with van der Waals surface area (Å²) in [6, 6.07) is 31.5. The molecule has 0 spiro atoms. The van der Waals surface area contributed by atoms with E-state index in [0.29, 0.717) is 42.1 Å². The topological polar surface area (TPSA) is 190 Å². The molecule has 0 saturated carbocycles. The summed E-state index contributed by atoms with van der Waals surface area (Å²) >= 11 is 0. The number of hydrogen-bond acceptors (Lipinski definition) is 8. The Kier molecular flexibility index (Phi) is 12.2.